The van der Waals surface area contributed by atoms with E-state index in [0.717, 1.165) is 12.8 Å². The summed E-state index contributed by atoms with van der Waals surface area (Å²) in [4.78, 5) is 11.2. The SMILES string of the molecule is COc1ccc(S(=O)(=O)N2CCCCC2C=O)c(OC)c1. The number of rotatable bonds is 5. The van der Waals surface area contributed by atoms with Crippen molar-refractivity contribution in [3.63, 3.8) is 0 Å². The smallest absolute Gasteiger partial charge is 0.247 e. The Balaban J connectivity index is 2.45. The molecule has 2 rings (SSSR count). The quantitative estimate of drug-likeness (QED) is 0.769. The van der Waals surface area contributed by atoms with Crippen LogP contribution in [-0.4, -0.2) is 45.8 Å². The fraction of sp³-hybridized carbons (Fsp3) is 0.500. The van der Waals surface area contributed by atoms with Gasteiger partial charge in [0.15, 0.2) is 0 Å². The highest BCUT2D eigenvalue weighted by Gasteiger charge is 2.35. The second-order valence-corrected chi connectivity index (χ2v) is 6.69. The number of carbonyl (C=O) groups excluding carboxylic acids is 1. The summed E-state index contributed by atoms with van der Waals surface area (Å²) in [6.07, 6.45) is 2.87. The van der Waals surface area contributed by atoms with E-state index in [0.29, 0.717) is 25.0 Å². The third kappa shape index (κ3) is 3.03. The Kier molecular flexibility index (Phi) is 4.84. The number of sulfonamides is 1. The Morgan fingerprint density at radius 1 is 1.24 bits per heavy atom. The van der Waals surface area contributed by atoms with Gasteiger partial charge in [0.2, 0.25) is 10.0 Å². The van der Waals surface area contributed by atoms with Gasteiger partial charge in [0.25, 0.3) is 0 Å². The third-order valence-electron chi connectivity index (χ3n) is 3.61. The zero-order valence-corrected chi connectivity index (χ0v) is 12.9. The molecule has 1 aliphatic heterocycles. The molecule has 1 unspecified atom stereocenters. The van der Waals surface area contributed by atoms with Gasteiger partial charge in [-0.3, -0.25) is 0 Å². The Bertz CT molecular complexity index is 614. The first-order valence-electron chi connectivity index (χ1n) is 6.73. The number of benzene rings is 1. The molecule has 116 valence electrons. The summed E-state index contributed by atoms with van der Waals surface area (Å²) in [5.74, 6) is 0.723. The molecule has 1 aliphatic rings. The van der Waals surface area contributed by atoms with Gasteiger partial charge in [0.05, 0.1) is 20.3 Å². The van der Waals surface area contributed by atoms with E-state index < -0.39 is 16.1 Å². The number of hydrogen-bond donors (Lipinski definition) is 0. The molecule has 0 amide bonds. The topological polar surface area (TPSA) is 72.9 Å². The van der Waals surface area contributed by atoms with Crippen LogP contribution in [0.2, 0.25) is 0 Å². The number of carbonyl (C=O) groups is 1. The second kappa shape index (κ2) is 6.44. The standard InChI is InChI=1S/C14H19NO5S/c1-19-12-6-7-14(13(9-12)20-2)21(17,18)15-8-4-3-5-11(15)10-16/h6-7,9-11H,3-5,8H2,1-2H3. The lowest BCUT2D eigenvalue weighted by molar-refractivity contribution is -0.111. The Labute approximate surface area is 124 Å². The predicted octanol–water partition coefficient (Wildman–Crippen LogP) is 1.45. The average Bonchev–Trinajstić information content (AvgIpc) is 2.53. The molecular weight excluding hydrogens is 294 g/mol. The summed E-state index contributed by atoms with van der Waals surface area (Å²) in [6.45, 7) is 0.348. The molecule has 0 N–H and O–H groups in total. The zero-order chi connectivity index (χ0) is 15.5. The molecule has 0 aliphatic carbocycles. The molecule has 0 radical (unpaired) electrons. The van der Waals surface area contributed by atoms with Crippen LogP contribution in [-0.2, 0) is 14.8 Å². The van der Waals surface area contributed by atoms with Crippen LogP contribution in [0, 0.1) is 0 Å². The van der Waals surface area contributed by atoms with Gasteiger partial charge in [-0.2, -0.15) is 4.31 Å². The van der Waals surface area contributed by atoms with Gasteiger partial charge in [-0.1, -0.05) is 6.42 Å². The van der Waals surface area contributed by atoms with E-state index in [1.54, 1.807) is 6.07 Å². The molecule has 1 saturated heterocycles. The van der Waals surface area contributed by atoms with Crippen molar-refractivity contribution in [2.75, 3.05) is 20.8 Å². The molecule has 0 aromatic heterocycles. The highest BCUT2D eigenvalue weighted by molar-refractivity contribution is 7.89. The maximum absolute atomic E-state index is 12.8. The van der Waals surface area contributed by atoms with Gasteiger partial charge in [0, 0.05) is 12.6 Å². The average molecular weight is 313 g/mol. The van der Waals surface area contributed by atoms with E-state index in [-0.39, 0.29) is 10.6 Å². The largest absolute Gasteiger partial charge is 0.497 e. The highest BCUT2D eigenvalue weighted by atomic mass is 32.2. The summed E-state index contributed by atoms with van der Waals surface area (Å²) >= 11 is 0. The van der Waals surface area contributed by atoms with Crippen LogP contribution in [0.1, 0.15) is 19.3 Å². The van der Waals surface area contributed by atoms with Gasteiger partial charge in [-0.15, -0.1) is 0 Å². The van der Waals surface area contributed by atoms with Gasteiger partial charge in [-0.05, 0) is 25.0 Å². The van der Waals surface area contributed by atoms with Crippen LogP contribution < -0.4 is 9.47 Å². The molecule has 1 fully saturated rings. The van der Waals surface area contributed by atoms with Crippen molar-refractivity contribution in [2.24, 2.45) is 0 Å². The van der Waals surface area contributed by atoms with Crippen LogP contribution in [0.5, 0.6) is 11.5 Å². The number of hydrogen-bond acceptors (Lipinski definition) is 5. The van der Waals surface area contributed by atoms with Crippen molar-refractivity contribution in [3.05, 3.63) is 18.2 Å². The molecule has 1 aromatic carbocycles. The number of nitrogens with zero attached hydrogens (tertiary/aromatic N) is 1. The molecule has 0 saturated carbocycles. The minimum absolute atomic E-state index is 0.0551. The molecular formula is C14H19NO5S. The van der Waals surface area contributed by atoms with E-state index >= 15 is 0 Å². The van der Waals surface area contributed by atoms with E-state index in [9.17, 15) is 13.2 Å². The van der Waals surface area contributed by atoms with Crippen LogP contribution in [0.4, 0.5) is 0 Å². The van der Waals surface area contributed by atoms with E-state index in [1.807, 2.05) is 0 Å². The number of ether oxygens (including phenoxy) is 2. The second-order valence-electron chi connectivity index (χ2n) is 4.83. The summed E-state index contributed by atoms with van der Waals surface area (Å²) in [6, 6.07) is 3.93. The lowest BCUT2D eigenvalue weighted by Gasteiger charge is -2.31. The Morgan fingerprint density at radius 3 is 2.62 bits per heavy atom. The van der Waals surface area contributed by atoms with Crippen LogP contribution in [0.3, 0.4) is 0 Å². The van der Waals surface area contributed by atoms with Crippen LogP contribution in [0.25, 0.3) is 0 Å². The molecule has 1 aromatic rings. The lowest BCUT2D eigenvalue weighted by Crippen LogP contribution is -2.44. The van der Waals surface area contributed by atoms with E-state index in [1.165, 1.54) is 30.7 Å². The van der Waals surface area contributed by atoms with Crippen molar-refractivity contribution < 1.29 is 22.7 Å². The van der Waals surface area contributed by atoms with Crippen LogP contribution in [0.15, 0.2) is 23.1 Å². The minimum atomic E-state index is -3.77. The molecule has 7 heteroatoms. The fourth-order valence-corrected chi connectivity index (χ4v) is 4.25. The Morgan fingerprint density at radius 2 is 2.00 bits per heavy atom. The Hall–Kier alpha value is -1.60. The fourth-order valence-electron chi connectivity index (χ4n) is 2.48. The van der Waals surface area contributed by atoms with Crippen molar-refractivity contribution in [3.8, 4) is 11.5 Å². The van der Waals surface area contributed by atoms with Gasteiger partial charge < -0.3 is 14.3 Å². The van der Waals surface area contributed by atoms with Gasteiger partial charge in [0.1, 0.15) is 22.7 Å². The van der Waals surface area contributed by atoms with Crippen LogP contribution >= 0.6 is 0 Å². The first-order valence-corrected chi connectivity index (χ1v) is 8.17. The maximum atomic E-state index is 12.8. The third-order valence-corrected chi connectivity index (χ3v) is 5.58. The van der Waals surface area contributed by atoms with Gasteiger partial charge in [-0.25, -0.2) is 8.42 Å². The zero-order valence-electron chi connectivity index (χ0n) is 12.1. The molecule has 1 atom stereocenters. The molecule has 1 heterocycles. The summed E-state index contributed by atoms with van der Waals surface area (Å²) < 4.78 is 37.0. The molecule has 6 nitrogen and oxygen atoms in total. The lowest BCUT2D eigenvalue weighted by atomic mass is 10.1. The first-order chi connectivity index (χ1) is 10.0. The number of methoxy groups -OCH3 is 2. The summed E-state index contributed by atoms with van der Waals surface area (Å²) in [5, 5.41) is 0. The van der Waals surface area contributed by atoms with Crippen molar-refractivity contribution in [1.82, 2.24) is 4.31 Å². The number of piperidine rings is 1. The summed E-state index contributed by atoms with van der Waals surface area (Å²) in [5.41, 5.74) is 0. The van der Waals surface area contributed by atoms with Crippen molar-refractivity contribution in [1.29, 1.82) is 0 Å². The van der Waals surface area contributed by atoms with E-state index in [2.05, 4.69) is 0 Å². The molecule has 21 heavy (non-hydrogen) atoms. The van der Waals surface area contributed by atoms with Gasteiger partial charge >= 0.3 is 0 Å². The van der Waals surface area contributed by atoms with Crippen molar-refractivity contribution in [2.45, 2.75) is 30.2 Å². The normalized spacial score (nSPS) is 20.0. The predicted molar refractivity (Wildman–Crippen MR) is 77.1 cm³/mol. The number of aldehydes is 1. The molecule has 0 spiro atoms. The first kappa shape index (κ1) is 15.8. The minimum Gasteiger partial charge on any atom is -0.497 e. The summed E-state index contributed by atoms with van der Waals surface area (Å²) in [7, 11) is -0.870. The monoisotopic (exact) mass is 313 g/mol. The van der Waals surface area contributed by atoms with Crippen molar-refractivity contribution >= 4 is 16.3 Å². The molecule has 0 bridgehead atoms. The highest BCUT2D eigenvalue weighted by Crippen LogP contribution is 2.33. The maximum Gasteiger partial charge on any atom is 0.247 e. The van der Waals surface area contributed by atoms with E-state index in [4.69, 9.17) is 9.47 Å².